The molecule has 0 unspecified atom stereocenters. The molecule has 2 aromatic carbocycles. The lowest BCUT2D eigenvalue weighted by Gasteiger charge is -2.23. The smallest absolute Gasteiger partial charge is 0.218 e. The van der Waals surface area contributed by atoms with Gasteiger partial charge in [-0.2, -0.15) is 0 Å². The molecule has 1 amide bonds. The number of rotatable bonds is 8. The van der Waals surface area contributed by atoms with Crippen molar-refractivity contribution in [1.82, 2.24) is 5.32 Å². The molecule has 0 saturated carbocycles. The van der Waals surface area contributed by atoms with Crippen molar-refractivity contribution in [2.75, 3.05) is 0 Å². The monoisotopic (exact) mass is 394 g/mol. The van der Waals surface area contributed by atoms with Crippen LogP contribution in [0.3, 0.4) is 0 Å². The Labute approximate surface area is 161 Å². The normalized spacial score (nSPS) is 13.2. The van der Waals surface area contributed by atoms with Crippen molar-refractivity contribution in [3.05, 3.63) is 69.7 Å². The maximum atomic E-state index is 15.2. The average molecular weight is 395 g/mol. The highest BCUT2D eigenvalue weighted by molar-refractivity contribution is 6.35. The maximum absolute atomic E-state index is 15.2. The lowest BCUT2D eigenvalue weighted by molar-refractivity contribution is -0.118. The van der Waals surface area contributed by atoms with Gasteiger partial charge in [0.2, 0.25) is 5.91 Å². The quantitative estimate of drug-likeness (QED) is 0.660. The van der Waals surface area contributed by atoms with Gasteiger partial charge < -0.3 is 11.1 Å². The van der Waals surface area contributed by atoms with Gasteiger partial charge in [-0.15, -0.1) is 0 Å². The summed E-state index contributed by atoms with van der Waals surface area (Å²) >= 11 is 6.07. The first-order valence-electron chi connectivity index (χ1n) is 8.57. The molecule has 0 aliphatic heterocycles. The molecule has 0 aromatic heterocycles. The third-order valence-electron chi connectivity index (χ3n) is 4.21. The van der Waals surface area contributed by atoms with Gasteiger partial charge in [0.25, 0.3) is 0 Å². The predicted octanol–water partition coefficient (Wildman–Crippen LogP) is 4.15. The minimum absolute atomic E-state index is 0.0102. The molecule has 0 aliphatic rings. The summed E-state index contributed by atoms with van der Waals surface area (Å²) in [7, 11) is 0. The van der Waals surface area contributed by atoms with Crippen LogP contribution in [0.4, 0.5) is 8.78 Å². The lowest BCUT2D eigenvalue weighted by atomic mass is 9.95. The molecule has 144 valence electrons. The molecule has 2 aromatic rings. The van der Waals surface area contributed by atoms with E-state index in [1.807, 2.05) is 6.92 Å². The molecule has 0 fully saturated rings. The SMILES string of the molecule is CC[C@@H](N[C@@H](C)CC(N)=O)c1ccc(Cl)c(C(=O)c2cccc(F)c2)c1F. The van der Waals surface area contributed by atoms with Gasteiger partial charge >= 0.3 is 0 Å². The Morgan fingerprint density at radius 2 is 1.93 bits per heavy atom. The maximum Gasteiger partial charge on any atom is 0.218 e. The van der Waals surface area contributed by atoms with Crippen LogP contribution in [0.5, 0.6) is 0 Å². The van der Waals surface area contributed by atoms with Crippen molar-refractivity contribution in [1.29, 1.82) is 0 Å². The third kappa shape index (κ3) is 5.11. The van der Waals surface area contributed by atoms with Crippen LogP contribution in [0.2, 0.25) is 5.02 Å². The largest absolute Gasteiger partial charge is 0.370 e. The van der Waals surface area contributed by atoms with Crippen molar-refractivity contribution in [3.8, 4) is 0 Å². The highest BCUT2D eigenvalue weighted by atomic mass is 35.5. The Kier molecular flexibility index (Phi) is 7.05. The first-order chi connectivity index (χ1) is 12.7. The van der Waals surface area contributed by atoms with Gasteiger partial charge in [0, 0.05) is 29.6 Å². The topological polar surface area (TPSA) is 72.2 Å². The fourth-order valence-corrected chi connectivity index (χ4v) is 3.18. The van der Waals surface area contributed by atoms with E-state index in [0.29, 0.717) is 6.42 Å². The number of hydrogen-bond acceptors (Lipinski definition) is 3. The molecule has 0 aliphatic carbocycles. The van der Waals surface area contributed by atoms with Crippen LogP contribution in [0.25, 0.3) is 0 Å². The van der Waals surface area contributed by atoms with Crippen molar-refractivity contribution < 1.29 is 18.4 Å². The van der Waals surface area contributed by atoms with Crippen molar-refractivity contribution in [2.45, 2.75) is 38.8 Å². The zero-order valence-corrected chi connectivity index (χ0v) is 15.8. The van der Waals surface area contributed by atoms with Crippen LogP contribution in [-0.4, -0.2) is 17.7 Å². The van der Waals surface area contributed by atoms with E-state index < -0.39 is 29.4 Å². The molecule has 2 atom stereocenters. The van der Waals surface area contributed by atoms with Crippen LogP contribution in [0.15, 0.2) is 36.4 Å². The number of nitrogens with two attached hydrogens (primary N) is 1. The predicted molar refractivity (Wildman–Crippen MR) is 101 cm³/mol. The summed E-state index contributed by atoms with van der Waals surface area (Å²) in [5.74, 6) is -2.52. The molecule has 7 heteroatoms. The molecule has 3 N–H and O–H groups in total. The zero-order chi connectivity index (χ0) is 20.1. The lowest BCUT2D eigenvalue weighted by Crippen LogP contribution is -2.34. The van der Waals surface area contributed by atoms with Gasteiger partial charge in [0.05, 0.1) is 10.6 Å². The summed E-state index contributed by atoms with van der Waals surface area (Å²) in [6.07, 6.45) is 0.607. The zero-order valence-electron chi connectivity index (χ0n) is 15.1. The first-order valence-corrected chi connectivity index (χ1v) is 8.94. The average Bonchev–Trinajstić information content (AvgIpc) is 2.59. The molecule has 2 rings (SSSR count). The summed E-state index contributed by atoms with van der Waals surface area (Å²) in [6.45, 7) is 3.61. The van der Waals surface area contributed by atoms with Crippen LogP contribution >= 0.6 is 11.6 Å². The molecule has 27 heavy (non-hydrogen) atoms. The van der Waals surface area contributed by atoms with E-state index in [1.54, 1.807) is 6.92 Å². The number of halogens is 3. The molecule has 0 saturated heterocycles. The number of nitrogens with one attached hydrogen (secondary N) is 1. The molecule has 0 spiro atoms. The summed E-state index contributed by atoms with van der Waals surface area (Å²) in [4.78, 5) is 23.8. The van der Waals surface area contributed by atoms with Gasteiger partial charge in [-0.25, -0.2) is 8.78 Å². The molecule has 0 bridgehead atoms. The Morgan fingerprint density at radius 1 is 1.22 bits per heavy atom. The van der Waals surface area contributed by atoms with Crippen LogP contribution < -0.4 is 11.1 Å². The van der Waals surface area contributed by atoms with E-state index in [0.717, 1.165) is 6.07 Å². The number of carbonyl (C=O) groups is 2. The Morgan fingerprint density at radius 3 is 2.52 bits per heavy atom. The number of benzene rings is 2. The van der Waals surface area contributed by atoms with E-state index in [-0.39, 0.29) is 34.2 Å². The van der Waals surface area contributed by atoms with E-state index in [1.165, 1.54) is 30.3 Å². The number of ketones is 1. The van der Waals surface area contributed by atoms with Gasteiger partial charge in [0.1, 0.15) is 11.6 Å². The summed E-state index contributed by atoms with van der Waals surface area (Å²) < 4.78 is 28.6. The second-order valence-electron chi connectivity index (χ2n) is 6.36. The van der Waals surface area contributed by atoms with E-state index in [4.69, 9.17) is 17.3 Å². The van der Waals surface area contributed by atoms with Crippen molar-refractivity contribution in [3.63, 3.8) is 0 Å². The summed E-state index contributed by atoms with van der Waals surface area (Å²) in [5, 5.41) is 3.08. The molecule has 4 nitrogen and oxygen atoms in total. The number of carbonyl (C=O) groups excluding carboxylic acids is 2. The van der Waals surface area contributed by atoms with Crippen LogP contribution in [0, 0.1) is 11.6 Å². The Balaban J connectivity index is 2.41. The minimum atomic E-state index is -0.762. The Bertz CT molecular complexity index is 858. The third-order valence-corrected chi connectivity index (χ3v) is 4.53. The van der Waals surface area contributed by atoms with E-state index in [2.05, 4.69) is 5.32 Å². The molecular formula is C20H21ClF2N2O2. The minimum Gasteiger partial charge on any atom is -0.370 e. The van der Waals surface area contributed by atoms with Crippen molar-refractivity contribution in [2.24, 2.45) is 5.73 Å². The van der Waals surface area contributed by atoms with Gasteiger partial charge in [-0.05, 0) is 31.5 Å². The first kappa shape index (κ1) is 21.0. The summed E-state index contributed by atoms with van der Waals surface area (Å²) in [5.41, 5.74) is 5.15. The van der Waals surface area contributed by atoms with E-state index >= 15 is 4.39 Å². The van der Waals surface area contributed by atoms with Crippen molar-refractivity contribution >= 4 is 23.3 Å². The standard InChI is InChI=1S/C20H21ClF2N2O2/c1-3-16(25-11(2)9-17(24)26)14-7-8-15(21)18(19(14)23)20(27)12-5-4-6-13(22)10-12/h4-8,10-11,16,25H,3,9H2,1-2H3,(H2,24,26)/t11-,16+/m0/s1. The second kappa shape index (κ2) is 9.06. The Hall–Kier alpha value is -2.31. The fraction of sp³-hybridized carbons (Fsp3) is 0.300. The number of hydrogen-bond donors (Lipinski definition) is 2. The molecule has 0 radical (unpaired) electrons. The number of primary amides is 1. The van der Waals surface area contributed by atoms with Crippen LogP contribution in [-0.2, 0) is 4.79 Å². The summed E-state index contributed by atoms with van der Waals surface area (Å²) in [6, 6.07) is 7.23. The van der Waals surface area contributed by atoms with Gasteiger partial charge in [-0.1, -0.05) is 36.7 Å². The molecule has 0 heterocycles. The van der Waals surface area contributed by atoms with Gasteiger partial charge in [-0.3, -0.25) is 9.59 Å². The van der Waals surface area contributed by atoms with Crippen LogP contribution in [0.1, 0.15) is 54.2 Å². The second-order valence-corrected chi connectivity index (χ2v) is 6.77. The van der Waals surface area contributed by atoms with E-state index in [9.17, 15) is 14.0 Å². The highest BCUT2D eigenvalue weighted by Crippen LogP contribution is 2.30. The number of amides is 1. The fourth-order valence-electron chi connectivity index (χ4n) is 2.95. The van der Waals surface area contributed by atoms with Gasteiger partial charge in [0.15, 0.2) is 5.78 Å². The molecular weight excluding hydrogens is 374 g/mol. The highest BCUT2D eigenvalue weighted by Gasteiger charge is 2.25.